The SMILES string of the molecule is COc1ccc2c3c([nH]c2c1)-c1ccccc1SC3. The zero-order valence-corrected chi connectivity index (χ0v) is 11.4. The van der Waals surface area contributed by atoms with Crippen molar-refractivity contribution in [3.05, 3.63) is 48.0 Å². The lowest BCUT2D eigenvalue weighted by atomic mass is 10.1. The van der Waals surface area contributed by atoms with Gasteiger partial charge >= 0.3 is 0 Å². The van der Waals surface area contributed by atoms with Crippen LogP contribution in [0.25, 0.3) is 22.2 Å². The maximum atomic E-state index is 5.30. The van der Waals surface area contributed by atoms with Crippen LogP contribution in [0.3, 0.4) is 0 Å². The van der Waals surface area contributed by atoms with E-state index in [1.165, 1.54) is 27.1 Å². The minimum absolute atomic E-state index is 0.895. The predicted octanol–water partition coefficient (Wildman–Crippen LogP) is 4.45. The van der Waals surface area contributed by atoms with Gasteiger partial charge in [-0.05, 0) is 23.8 Å². The van der Waals surface area contributed by atoms with Gasteiger partial charge in [-0.2, -0.15) is 0 Å². The highest BCUT2D eigenvalue weighted by Crippen LogP contribution is 2.44. The number of fused-ring (bicyclic) bond motifs is 5. The molecule has 0 atom stereocenters. The summed E-state index contributed by atoms with van der Waals surface area (Å²) >= 11 is 1.91. The third kappa shape index (κ3) is 1.58. The Morgan fingerprint density at radius 3 is 2.95 bits per heavy atom. The van der Waals surface area contributed by atoms with Gasteiger partial charge in [0.05, 0.1) is 12.8 Å². The van der Waals surface area contributed by atoms with E-state index in [9.17, 15) is 0 Å². The van der Waals surface area contributed by atoms with Gasteiger partial charge in [0.2, 0.25) is 0 Å². The molecule has 1 N–H and O–H groups in total. The highest BCUT2D eigenvalue weighted by molar-refractivity contribution is 7.98. The van der Waals surface area contributed by atoms with Crippen LogP contribution in [0, 0.1) is 0 Å². The van der Waals surface area contributed by atoms with E-state index in [1.54, 1.807) is 7.11 Å². The van der Waals surface area contributed by atoms with Crippen molar-refractivity contribution in [2.24, 2.45) is 0 Å². The molecule has 4 rings (SSSR count). The molecular formula is C16H13NOS. The van der Waals surface area contributed by atoms with E-state index in [2.05, 4.69) is 41.4 Å². The summed E-state index contributed by atoms with van der Waals surface area (Å²) < 4.78 is 5.30. The number of aromatic nitrogens is 1. The first-order valence-electron chi connectivity index (χ1n) is 6.27. The Labute approximate surface area is 115 Å². The molecule has 94 valence electrons. The second-order valence-electron chi connectivity index (χ2n) is 4.67. The molecule has 2 heterocycles. The Bertz CT molecular complexity index is 776. The summed E-state index contributed by atoms with van der Waals surface area (Å²) in [6, 6.07) is 14.8. The standard InChI is InChI=1S/C16H13NOS/c1-18-10-6-7-11-13-9-19-15-5-3-2-4-12(15)16(13)17-14(11)8-10/h2-8,17H,9H2,1H3. The van der Waals surface area contributed by atoms with Gasteiger partial charge in [0, 0.05) is 33.2 Å². The van der Waals surface area contributed by atoms with E-state index >= 15 is 0 Å². The van der Waals surface area contributed by atoms with Crippen LogP contribution in [-0.4, -0.2) is 12.1 Å². The normalized spacial score (nSPS) is 13.1. The Morgan fingerprint density at radius 1 is 1.16 bits per heavy atom. The van der Waals surface area contributed by atoms with Crippen LogP contribution < -0.4 is 4.74 Å². The van der Waals surface area contributed by atoms with Crippen molar-refractivity contribution in [2.45, 2.75) is 10.6 Å². The van der Waals surface area contributed by atoms with Gasteiger partial charge in [0.25, 0.3) is 0 Å². The average molecular weight is 267 g/mol. The summed E-state index contributed by atoms with van der Waals surface area (Å²) in [6.45, 7) is 0. The Balaban J connectivity index is 2.01. The number of hydrogen-bond acceptors (Lipinski definition) is 2. The second-order valence-corrected chi connectivity index (χ2v) is 5.69. The highest BCUT2D eigenvalue weighted by atomic mass is 32.2. The first-order valence-corrected chi connectivity index (χ1v) is 7.26. The molecule has 0 radical (unpaired) electrons. The molecule has 1 aromatic heterocycles. The lowest BCUT2D eigenvalue weighted by Gasteiger charge is -2.15. The van der Waals surface area contributed by atoms with E-state index in [0.717, 1.165) is 17.0 Å². The molecule has 0 unspecified atom stereocenters. The van der Waals surface area contributed by atoms with Gasteiger partial charge in [-0.15, -0.1) is 11.8 Å². The molecule has 2 aromatic carbocycles. The molecule has 0 spiro atoms. The summed E-state index contributed by atoms with van der Waals surface area (Å²) in [4.78, 5) is 4.91. The molecule has 3 heteroatoms. The summed E-state index contributed by atoms with van der Waals surface area (Å²) in [7, 11) is 1.70. The number of thioether (sulfide) groups is 1. The van der Waals surface area contributed by atoms with Crippen LogP contribution in [0.2, 0.25) is 0 Å². The molecule has 0 saturated heterocycles. The summed E-state index contributed by atoms with van der Waals surface area (Å²) in [5.41, 5.74) is 5.13. The van der Waals surface area contributed by atoms with Crippen LogP contribution in [0.15, 0.2) is 47.4 Å². The monoisotopic (exact) mass is 267 g/mol. The highest BCUT2D eigenvalue weighted by Gasteiger charge is 2.20. The van der Waals surface area contributed by atoms with Crippen molar-refractivity contribution in [2.75, 3.05) is 7.11 Å². The molecule has 0 bridgehead atoms. The topological polar surface area (TPSA) is 25.0 Å². The van der Waals surface area contributed by atoms with Crippen LogP contribution in [-0.2, 0) is 5.75 Å². The quantitative estimate of drug-likeness (QED) is 0.704. The first kappa shape index (κ1) is 11.0. The van der Waals surface area contributed by atoms with Crippen molar-refractivity contribution in [3.8, 4) is 17.0 Å². The molecule has 0 aliphatic carbocycles. The fourth-order valence-electron chi connectivity index (χ4n) is 2.69. The van der Waals surface area contributed by atoms with Gasteiger partial charge in [-0.1, -0.05) is 18.2 Å². The third-order valence-corrected chi connectivity index (χ3v) is 4.74. The van der Waals surface area contributed by atoms with Gasteiger partial charge in [-0.3, -0.25) is 0 Å². The van der Waals surface area contributed by atoms with E-state index in [0.29, 0.717) is 0 Å². The molecule has 1 aliphatic rings. The number of methoxy groups -OCH3 is 1. The zero-order chi connectivity index (χ0) is 12.8. The second kappa shape index (κ2) is 4.07. The van der Waals surface area contributed by atoms with Crippen molar-refractivity contribution in [1.29, 1.82) is 0 Å². The molecule has 1 aliphatic heterocycles. The minimum atomic E-state index is 0.895. The van der Waals surface area contributed by atoms with E-state index in [1.807, 2.05) is 17.8 Å². The smallest absolute Gasteiger partial charge is 0.120 e. The Hall–Kier alpha value is -1.87. The minimum Gasteiger partial charge on any atom is -0.497 e. The van der Waals surface area contributed by atoms with Crippen molar-refractivity contribution < 1.29 is 4.74 Å². The Morgan fingerprint density at radius 2 is 2.05 bits per heavy atom. The van der Waals surface area contributed by atoms with E-state index < -0.39 is 0 Å². The Kier molecular flexibility index (Phi) is 2.35. The van der Waals surface area contributed by atoms with E-state index in [4.69, 9.17) is 4.74 Å². The number of nitrogens with one attached hydrogen (secondary N) is 1. The largest absolute Gasteiger partial charge is 0.497 e. The van der Waals surface area contributed by atoms with Crippen molar-refractivity contribution in [1.82, 2.24) is 4.98 Å². The number of H-pyrrole nitrogens is 1. The van der Waals surface area contributed by atoms with Crippen LogP contribution in [0.5, 0.6) is 5.75 Å². The fourth-order valence-corrected chi connectivity index (χ4v) is 3.79. The maximum Gasteiger partial charge on any atom is 0.120 e. The average Bonchev–Trinajstić information content (AvgIpc) is 2.85. The molecule has 3 aromatic rings. The van der Waals surface area contributed by atoms with Crippen LogP contribution in [0.4, 0.5) is 0 Å². The number of aromatic amines is 1. The van der Waals surface area contributed by atoms with Gasteiger partial charge in [-0.25, -0.2) is 0 Å². The van der Waals surface area contributed by atoms with E-state index in [-0.39, 0.29) is 0 Å². The molecule has 0 amide bonds. The molecule has 0 saturated carbocycles. The molecule has 19 heavy (non-hydrogen) atoms. The van der Waals surface area contributed by atoms with Gasteiger partial charge < -0.3 is 9.72 Å². The number of benzene rings is 2. The molecule has 2 nitrogen and oxygen atoms in total. The first-order chi connectivity index (χ1) is 9.36. The summed E-state index contributed by atoms with van der Waals surface area (Å²) in [6.07, 6.45) is 0. The van der Waals surface area contributed by atoms with Crippen LogP contribution in [0.1, 0.15) is 5.56 Å². The van der Waals surface area contributed by atoms with Crippen LogP contribution >= 0.6 is 11.8 Å². The predicted molar refractivity (Wildman–Crippen MR) is 79.8 cm³/mol. The van der Waals surface area contributed by atoms with Gasteiger partial charge in [0.15, 0.2) is 0 Å². The summed E-state index contributed by atoms with van der Waals surface area (Å²) in [5, 5.41) is 1.30. The number of ether oxygens (including phenoxy) is 1. The number of hydrogen-bond donors (Lipinski definition) is 1. The molecular weight excluding hydrogens is 254 g/mol. The lowest BCUT2D eigenvalue weighted by molar-refractivity contribution is 0.415. The van der Waals surface area contributed by atoms with Crippen molar-refractivity contribution in [3.63, 3.8) is 0 Å². The fraction of sp³-hybridized carbons (Fsp3) is 0.125. The molecule has 0 fully saturated rings. The maximum absolute atomic E-state index is 5.30. The van der Waals surface area contributed by atoms with Gasteiger partial charge in [0.1, 0.15) is 5.75 Å². The zero-order valence-electron chi connectivity index (χ0n) is 10.6. The third-order valence-electron chi connectivity index (χ3n) is 3.64. The number of rotatable bonds is 1. The van der Waals surface area contributed by atoms with Crippen molar-refractivity contribution >= 4 is 22.7 Å². The summed E-state index contributed by atoms with van der Waals surface area (Å²) in [5.74, 6) is 1.92. The lowest BCUT2D eigenvalue weighted by Crippen LogP contribution is -1.93.